The van der Waals surface area contributed by atoms with Gasteiger partial charge >= 0.3 is 0 Å². The maximum Gasteiger partial charge on any atom is 0.266 e. The van der Waals surface area contributed by atoms with E-state index in [4.69, 9.17) is 0 Å². The lowest BCUT2D eigenvalue weighted by atomic mass is 10.4. The van der Waals surface area contributed by atoms with Crippen molar-refractivity contribution >= 4 is 26.5 Å². The molecule has 0 unspecified atom stereocenters. The zero-order valence-corrected chi connectivity index (χ0v) is 10.5. The lowest BCUT2D eigenvalue weighted by Crippen LogP contribution is -2.14. The van der Waals surface area contributed by atoms with Crippen LogP contribution in [0.15, 0.2) is 34.5 Å². The highest BCUT2D eigenvalue weighted by Gasteiger charge is 2.19. The van der Waals surface area contributed by atoms with Crippen molar-refractivity contribution in [2.24, 2.45) is 0 Å². The Kier molecular flexibility index (Phi) is 3.12. The van der Waals surface area contributed by atoms with Crippen LogP contribution in [0.2, 0.25) is 0 Å². The molecule has 1 aromatic heterocycles. The molecule has 0 saturated heterocycles. The smallest absolute Gasteiger partial charge is 0.255 e. The number of thiazole rings is 1. The Balaban J connectivity index is 2.35. The number of nitrogens with one attached hydrogen (secondary N) is 1. The van der Waals surface area contributed by atoms with E-state index in [0.29, 0.717) is 5.69 Å². The largest absolute Gasteiger partial charge is 0.266 e. The van der Waals surface area contributed by atoms with Crippen molar-refractivity contribution in [3.8, 4) is 0 Å². The number of sulfonamides is 1. The molecule has 0 aliphatic heterocycles. The Labute approximate surface area is 102 Å². The first-order valence-electron chi connectivity index (χ1n) is 4.68. The number of rotatable bonds is 3. The normalized spacial score (nSPS) is 11.4. The number of nitrogens with zero attached hydrogens (tertiary/aromatic N) is 1. The number of anilines is 1. The van der Waals surface area contributed by atoms with Gasteiger partial charge in [0.05, 0.1) is 5.69 Å². The molecule has 7 heteroatoms. The molecular weight excluding hydrogens is 263 g/mol. The van der Waals surface area contributed by atoms with E-state index in [9.17, 15) is 12.8 Å². The summed E-state index contributed by atoms with van der Waals surface area (Å²) in [4.78, 5) is 3.58. The second kappa shape index (κ2) is 4.42. The van der Waals surface area contributed by atoms with E-state index >= 15 is 0 Å². The average Bonchev–Trinajstić information content (AvgIpc) is 2.63. The van der Waals surface area contributed by atoms with Gasteiger partial charge in [0.15, 0.2) is 5.13 Å². The highest BCUT2D eigenvalue weighted by atomic mass is 32.2. The molecule has 1 aromatic carbocycles. The molecule has 4 nitrogen and oxygen atoms in total. The summed E-state index contributed by atoms with van der Waals surface area (Å²) in [5, 5.41) is 1.94. The summed E-state index contributed by atoms with van der Waals surface area (Å²) < 4.78 is 39.3. The third-order valence-electron chi connectivity index (χ3n) is 1.97. The molecule has 90 valence electrons. The maximum absolute atomic E-state index is 13.4. The van der Waals surface area contributed by atoms with E-state index in [1.54, 1.807) is 12.3 Å². The number of hydrogen-bond donors (Lipinski definition) is 1. The molecule has 0 bridgehead atoms. The summed E-state index contributed by atoms with van der Waals surface area (Å²) in [6, 6.07) is 5.20. The highest BCUT2D eigenvalue weighted by Crippen LogP contribution is 2.21. The molecule has 0 aliphatic carbocycles. The van der Waals surface area contributed by atoms with E-state index in [1.807, 2.05) is 0 Å². The molecule has 2 aromatic rings. The van der Waals surface area contributed by atoms with Crippen LogP contribution in [-0.4, -0.2) is 13.4 Å². The van der Waals surface area contributed by atoms with E-state index in [2.05, 4.69) is 9.71 Å². The van der Waals surface area contributed by atoms with Crippen molar-refractivity contribution in [2.75, 3.05) is 4.72 Å². The van der Waals surface area contributed by atoms with E-state index < -0.39 is 15.8 Å². The number of halogens is 1. The minimum atomic E-state index is -3.91. The molecule has 0 amide bonds. The fourth-order valence-electron chi connectivity index (χ4n) is 1.23. The van der Waals surface area contributed by atoms with Crippen molar-refractivity contribution in [3.05, 3.63) is 41.2 Å². The van der Waals surface area contributed by atoms with Crippen molar-refractivity contribution < 1.29 is 12.8 Å². The number of hydrogen-bond acceptors (Lipinski definition) is 4. The molecule has 0 aliphatic rings. The lowest BCUT2D eigenvalue weighted by Gasteiger charge is -2.05. The van der Waals surface area contributed by atoms with Crippen LogP contribution in [-0.2, 0) is 10.0 Å². The number of aryl methyl sites for hydroxylation is 1. The minimum Gasteiger partial charge on any atom is -0.255 e. The van der Waals surface area contributed by atoms with Gasteiger partial charge in [0.2, 0.25) is 0 Å². The molecule has 0 saturated carbocycles. The SMILES string of the molecule is Cc1csc(NS(=O)(=O)c2ccccc2F)n1. The van der Waals surface area contributed by atoms with Gasteiger partial charge < -0.3 is 0 Å². The minimum absolute atomic E-state index is 0.228. The Morgan fingerprint density at radius 2 is 2.06 bits per heavy atom. The van der Waals surface area contributed by atoms with Gasteiger partial charge in [-0.2, -0.15) is 0 Å². The zero-order valence-electron chi connectivity index (χ0n) is 8.84. The van der Waals surface area contributed by atoms with E-state index in [-0.39, 0.29) is 10.0 Å². The summed E-state index contributed by atoms with van der Waals surface area (Å²) in [5.74, 6) is -0.784. The lowest BCUT2D eigenvalue weighted by molar-refractivity contribution is 0.570. The first-order valence-corrected chi connectivity index (χ1v) is 7.05. The van der Waals surface area contributed by atoms with Crippen LogP contribution < -0.4 is 4.72 Å². The van der Waals surface area contributed by atoms with Crippen LogP contribution in [0, 0.1) is 12.7 Å². The van der Waals surface area contributed by atoms with Gasteiger partial charge in [0.1, 0.15) is 10.7 Å². The predicted octanol–water partition coefficient (Wildman–Crippen LogP) is 2.39. The van der Waals surface area contributed by atoms with Crippen molar-refractivity contribution in [1.82, 2.24) is 4.98 Å². The van der Waals surface area contributed by atoms with Gasteiger partial charge in [0, 0.05) is 5.38 Å². The molecule has 0 fully saturated rings. The van der Waals surface area contributed by atoms with Gasteiger partial charge in [-0.3, -0.25) is 4.72 Å². The quantitative estimate of drug-likeness (QED) is 0.933. The topological polar surface area (TPSA) is 59.1 Å². The van der Waals surface area contributed by atoms with Gasteiger partial charge in [-0.25, -0.2) is 17.8 Å². The standard InChI is InChI=1S/C10H9FN2O2S2/c1-7-6-16-10(12-7)13-17(14,15)9-5-3-2-4-8(9)11/h2-6H,1H3,(H,12,13). The van der Waals surface area contributed by atoms with Crippen LogP contribution in [0.25, 0.3) is 0 Å². The third-order valence-corrected chi connectivity index (χ3v) is 4.34. The van der Waals surface area contributed by atoms with Gasteiger partial charge in [-0.1, -0.05) is 12.1 Å². The Morgan fingerprint density at radius 3 is 2.65 bits per heavy atom. The predicted molar refractivity (Wildman–Crippen MR) is 64.1 cm³/mol. The molecule has 1 N–H and O–H groups in total. The molecular formula is C10H9FN2O2S2. The maximum atomic E-state index is 13.4. The van der Waals surface area contributed by atoms with Gasteiger partial charge in [-0.05, 0) is 19.1 Å². The number of aromatic nitrogens is 1. The Hall–Kier alpha value is -1.47. The second-order valence-electron chi connectivity index (χ2n) is 3.33. The third kappa shape index (κ3) is 2.62. The van der Waals surface area contributed by atoms with E-state index in [0.717, 1.165) is 17.4 Å². The second-order valence-corrected chi connectivity index (χ2v) is 5.84. The summed E-state index contributed by atoms with van der Waals surface area (Å²) >= 11 is 1.15. The summed E-state index contributed by atoms with van der Waals surface area (Å²) in [6.07, 6.45) is 0. The summed E-state index contributed by atoms with van der Waals surface area (Å²) in [5.41, 5.74) is 0.709. The van der Waals surface area contributed by atoms with Gasteiger partial charge in [0.25, 0.3) is 10.0 Å². The van der Waals surface area contributed by atoms with Gasteiger partial charge in [-0.15, -0.1) is 11.3 Å². The first-order chi connectivity index (χ1) is 7.99. The molecule has 1 heterocycles. The van der Waals surface area contributed by atoms with Crippen molar-refractivity contribution in [1.29, 1.82) is 0 Å². The van der Waals surface area contributed by atoms with E-state index in [1.165, 1.54) is 18.2 Å². The fraction of sp³-hybridized carbons (Fsp3) is 0.100. The van der Waals surface area contributed by atoms with Crippen LogP contribution in [0.4, 0.5) is 9.52 Å². The monoisotopic (exact) mass is 272 g/mol. The Morgan fingerprint density at radius 1 is 1.35 bits per heavy atom. The summed E-state index contributed by atoms with van der Waals surface area (Å²) in [6.45, 7) is 1.75. The van der Waals surface area contributed by atoms with Crippen LogP contribution in [0.5, 0.6) is 0 Å². The van der Waals surface area contributed by atoms with Crippen molar-refractivity contribution in [2.45, 2.75) is 11.8 Å². The first kappa shape index (κ1) is 12.0. The number of benzene rings is 1. The van der Waals surface area contributed by atoms with Crippen LogP contribution in [0.3, 0.4) is 0 Å². The van der Waals surface area contributed by atoms with Crippen molar-refractivity contribution in [3.63, 3.8) is 0 Å². The zero-order chi connectivity index (χ0) is 12.5. The average molecular weight is 272 g/mol. The highest BCUT2D eigenvalue weighted by molar-refractivity contribution is 7.93. The fourth-order valence-corrected chi connectivity index (χ4v) is 3.25. The molecule has 0 atom stereocenters. The van der Waals surface area contributed by atoms with Crippen LogP contribution >= 0.6 is 11.3 Å². The molecule has 2 rings (SSSR count). The molecule has 0 spiro atoms. The molecule has 17 heavy (non-hydrogen) atoms. The summed E-state index contributed by atoms with van der Waals surface area (Å²) in [7, 11) is -3.91. The molecule has 0 radical (unpaired) electrons. The van der Waals surface area contributed by atoms with Crippen LogP contribution in [0.1, 0.15) is 5.69 Å². The Bertz CT molecular complexity index is 637.